The Morgan fingerprint density at radius 2 is 1.55 bits per heavy atom. The molecule has 106 valence electrons. The molecule has 2 aromatic carbocycles. The van der Waals surface area contributed by atoms with E-state index in [1.165, 1.54) is 5.56 Å². The Bertz CT molecular complexity index is 543. The minimum absolute atomic E-state index is 0.492. The highest BCUT2D eigenvalue weighted by molar-refractivity contribution is 6.35. The van der Waals surface area contributed by atoms with Crippen molar-refractivity contribution in [3.05, 3.63) is 58.1 Å². The molecule has 1 atom stereocenters. The van der Waals surface area contributed by atoms with Crippen LogP contribution in [0.15, 0.2) is 42.5 Å². The first-order valence-electron chi connectivity index (χ1n) is 6.87. The lowest BCUT2D eigenvalue weighted by Gasteiger charge is -2.12. The predicted octanol–water partition coefficient (Wildman–Crippen LogP) is 5.20. The summed E-state index contributed by atoms with van der Waals surface area (Å²) in [5, 5.41) is 4.75. The molecule has 0 aromatic heterocycles. The molecule has 0 bridgehead atoms. The Balaban J connectivity index is 2.15. The summed E-state index contributed by atoms with van der Waals surface area (Å²) in [7, 11) is 0. The number of nitrogens with one attached hydrogen (secondary N) is 1. The summed E-state index contributed by atoms with van der Waals surface area (Å²) in [6.07, 6.45) is 1.03. The van der Waals surface area contributed by atoms with Crippen LogP contribution < -0.4 is 5.32 Å². The largest absolute Gasteiger partial charge is 0.314 e. The number of rotatable bonds is 5. The zero-order valence-corrected chi connectivity index (χ0v) is 13.3. The van der Waals surface area contributed by atoms with Gasteiger partial charge in [-0.25, -0.2) is 0 Å². The van der Waals surface area contributed by atoms with Crippen LogP contribution in [0.2, 0.25) is 10.0 Å². The van der Waals surface area contributed by atoms with Crippen LogP contribution in [0.5, 0.6) is 0 Å². The second-order valence-corrected chi connectivity index (χ2v) is 5.89. The zero-order chi connectivity index (χ0) is 14.5. The molecule has 0 saturated heterocycles. The Morgan fingerprint density at radius 1 is 0.950 bits per heavy atom. The molecule has 2 rings (SSSR count). The summed E-state index contributed by atoms with van der Waals surface area (Å²) in [6, 6.07) is 14.7. The highest BCUT2D eigenvalue weighted by Crippen LogP contribution is 2.27. The second-order valence-electron chi connectivity index (χ2n) is 5.02. The first-order chi connectivity index (χ1) is 9.58. The van der Waals surface area contributed by atoms with Crippen LogP contribution in [-0.2, 0) is 6.42 Å². The molecular weight excluding hydrogens is 289 g/mol. The Hall–Kier alpha value is -1.02. The van der Waals surface area contributed by atoms with Crippen molar-refractivity contribution in [1.82, 2.24) is 5.32 Å². The smallest absolute Gasteiger partial charge is 0.0426 e. The lowest BCUT2D eigenvalue weighted by atomic mass is 10.0. The van der Waals surface area contributed by atoms with Gasteiger partial charge in [0, 0.05) is 16.1 Å². The topological polar surface area (TPSA) is 12.0 Å². The molecule has 0 heterocycles. The van der Waals surface area contributed by atoms with Crippen molar-refractivity contribution < 1.29 is 0 Å². The van der Waals surface area contributed by atoms with Crippen molar-refractivity contribution in [2.75, 3.05) is 6.54 Å². The van der Waals surface area contributed by atoms with Gasteiger partial charge in [-0.15, -0.1) is 0 Å². The molecule has 1 nitrogen and oxygen atoms in total. The van der Waals surface area contributed by atoms with E-state index in [0.717, 1.165) is 24.1 Å². The highest BCUT2D eigenvalue weighted by atomic mass is 35.5. The molecule has 3 heteroatoms. The van der Waals surface area contributed by atoms with Crippen LogP contribution in [0.1, 0.15) is 19.4 Å². The van der Waals surface area contributed by atoms with E-state index in [1.54, 1.807) is 6.07 Å². The number of halogens is 2. The quantitative estimate of drug-likeness (QED) is 0.800. The first kappa shape index (κ1) is 15.4. The van der Waals surface area contributed by atoms with Crippen LogP contribution in [0.4, 0.5) is 0 Å². The van der Waals surface area contributed by atoms with Gasteiger partial charge >= 0.3 is 0 Å². The summed E-state index contributed by atoms with van der Waals surface area (Å²) in [5.41, 5.74) is 3.51. The van der Waals surface area contributed by atoms with Crippen molar-refractivity contribution >= 4 is 23.2 Å². The monoisotopic (exact) mass is 307 g/mol. The molecule has 0 spiro atoms. The number of hydrogen-bond acceptors (Lipinski definition) is 1. The third kappa shape index (κ3) is 4.24. The van der Waals surface area contributed by atoms with E-state index in [0.29, 0.717) is 16.1 Å². The average molecular weight is 308 g/mol. The molecule has 1 unspecified atom stereocenters. The van der Waals surface area contributed by atoms with Gasteiger partial charge in [0.25, 0.3) is 0 Å². The fraction of sp³-hybridized carbons (Fsp3) is 0.294. The molecule has 0 aliphatic carbocycles. The van der Waals surface area contributed by atoms with E-state index < -0.39 is 0 Å². The van der Waals surface area contributed by atoms with Crippen molar-refractivity contribution in [3.8, 4) is 11.1 Å². The Labute approximate surface area is 130 Å². The van der Waals surface area contributed by atoms with Gasteiger partial charge in [-0.3, -0.25) is 0 Å². The molecule has 20 heavy (non-hydrogen) atoms. The standard InChI is InChI=1S/C17H19Cl2N/c1-3-20-12(2)8-13-4-6-14(7-5-13)15-9-16(18)11-17(19)10-15/h4-7,9-12,20H,3,8H2,1-2H3. The number of hydrogen-bond donors (Lipinski definition) is 1. The first-order valence-corrected chi connectivity index (χ1v) is 7.63. The zero-order valence-electron chi connectivity index (χ0n) is 11.8. The summed E-state index contributed by atoms with van der Waals surface area (Å²) >= 11 is 12.1. The maximum absolute atomic E-state index is 6.04. The van der Waals surface area contributed by atoms with Gasteiger partial charge in [0.1, 0.15) is 0 Å². The fourth-order valence-electron chi connectivity index (χ4n) is 2.33. The van der Waals surface area contributed by atoms with Crippen LogP contribution >= 0.6 is 23.2 Å². The van der Waals surface area contributed by atoms with Gasteiger partial charge in [-0.2, -0.15) is 0 Å². The molecule has 0 saturated carbocycles. The SMILES string of the molecule is CCNC(C)Cc1ccc(-c2cc(Cl)cc(Cl)c2)cc1. The molecule has 0 amide bonds. The number of benzene rings is 2. The molecule has 2 aromatic rings. The minimum atomic E-state index is 0.492. The minimum Gasteiger partial charge on any atom is -0.314 e. The highest BCUT2D eigenvalue weighted by Gasteiger charge is 2.04. The van der Waals surface area contributed by atoms with Crippen molar-refractivity contribution in [3.63, 3.8) is 0 Å². The summed E-state index contributed by atoms with van der Waals surface area (Å²) in [4.78, 5) is 0. The lowest BCUT2D eigenvalue weighted by molar-refractivity contribution is 0.565. The maximum atomic E-state index is 6.04. The molecule has 0 fully saturated rings. The summed E-state index contributed by atoms with van der Waals surface area (Å²) in [5.74, 6) is 0. The van der Waals surface area contributed by atoms with Gasteiger partial charge in [-0.05, 0) is 54.8 Å². The fourth-order valence-corrected chi connectivity index (χ4v) is 2.85. The molecule has 0 radical (unpaired) electrons. The number of likely N-dealkylation sites (N-methyl/N-ethyl adjacent to an activating group) is 1. The Morgan fingerprint density at radius 3 is 2.10 bits per heavy atom. The Kier molecular flexibility index (Phi) is 5.47. The van der Waals surface area contributed by atoms with E-state index in [4.69, 9.17) is 23.2 Å². The predicted molar refractivity (Wildman–Crippen MR) is 88.7 cm³/mol. The van der Waals surface area contributed by atoms with E-state index in [-0.39, 0.29) is 0 Å². The van der Waals surface area contributed by atoms with Crippen LogP contribution in [0.3, 0.4) is 0 Å². The normalized spacial score (nSPS) is 12.4. The van der Waals surface area contributed by atoms with Crippen molar-refractivity contribution in [2.24, 2.45) is 0 Å². The molecule has 0 aliphatic rings. The van der Waals surface area contributed by atoms with Gasteiger partial charge in [0.05, 0.1) is 0 Å². The van der Waals surface area contributed by atoms with Gasteiger partial charge in [0.15, 0.2) is 0 Å². The molecular formula is C17H19Cl2N. The van der Waals surface area contributed by atoms with Crippen LogP contribution in [0, 0.1) is 0 Å². The maximum Gasteiger partial charge on any atom is 0.0426 e. The summed E-state index contributed by atoms with van der Waals surface area (Å²) in [6.45, 7) is 5.33. The average Bonchev–Trinajstić information content (AvgIpc) is 2.38. The van der Waals surface area contributed by atoms with Crippen LogP contribution in [0.25, 0.3) is 11.1 Å². The summed E-state index contributed by atoms with van der Waals surface area (Å²) < 4.78 is 0. The third-order valence-corrected chi connectivity index (χ3v) is 3.68. The van der Waals surface area contributed by atoms with E-state index in [1.807, 2.05) is 12.1 Å². The third-order valence-electron chi connectivity index (χ3n) is 3.24. The van der Waals surface area contributed by atoms with Crippen molar-refractivity contribution in [2.45, 2.75) is 26.3 Å². The van der Waals surface area contributed by atoms with E-state index in [2.05, 4.69) is 43.4 Å². The van der Waals surface area contributed by atoms with Gasteiger partial charge < -0.3 is 5.32 Å². The molecule has 1 N–H and O–H groups in total. The van der Waals surface area contributed by atoms with Gasteiger partial charge in [-0.1, -0.05) is 54.4 Å². The van der Waals surface area contributed by atoms with Crippen LogP contribution in [-0.4, -0.2) is 12.6 Å². The van der Waals surface area contributed by atoms with E-state index >= 15 is 0 Å². The molecule has 0 aliphatic heterocycles. The second kappa shape index (κ2) is 7.12. The van der Waals surface area contributed by atoms with Gasteiger partial charge in [0.2, 0.25) is 0 Å². The van der Waals surface area contributed by atoms with Crippen molar-refractivity contribution in [1.29, 1.82) is 0 Å². The van der Waals surface area contributed by atoms with E-state index in [9.17, 15) is 0 Å². The lowest BCUT2D eigenvalue weighted by Crippen LogP contribution is -2.27.